The molecular weight excluding hydrogens is 408 g/mol. The molecule has 0 spiro atoms. The summed E-state index contributed by atoms with van der Waals surface area (Å²) in [6.07, 6.45) is 4.29. The quantitative estimate of drug-likeness (QED) is 0.612. The van der Waals surface area contributed by atoms with Crippen molar-refractivity contribution in [3.63, 3.8) is 0 Å². The SMILES string of the molecule is Cc1cc(-c2c(C3CCOCC3)nc(O[C@H]3C[C@H](C(=O)O)C3)c3cc(O)ccc23)ccn1. The van der Waals surface area contributed by atoms with Crippen LogP contribution in [0.3, 0.4) is 0 Å². The Kier molecular flexibility index (Phi) is 5.43. The van der Waals surface area contributed by atoms with E-state index in [4.69, 9.17) is 14.5 Å². The van der Waals surface area contributed by atoms with Gasteiger partial charge in [-0.3, -0.25) is 9.78 Å². The highest BCUT2D eigenvalue weighted by Crippen LogP contribution is 2.43. The summed E-state index contributed by atoms with van der Waals surface area (Å²) in [7, 11) is 0. The zero-order valence-electron chi connectivity index (χ0n) is 18.0. The maximum absolute atomic E-state index is 11.2. The fraction of sp³-hybridized carbons (Fsp3) is 0.400. The molecule has 32 heavy (non-hydrogen) atoms. The molecule has 3 heterocycles. The molecule has 2 N–H and O–H groups in total. The number of aliphatic carboxylic acids is 1. The number of aromatic nitrogens is 2. The fourth-order valence-corrected chi connectivity index (χ4v) is 4.67. The van der Waals surface area contributed by atoms with Gasteiger partial charge in [0.25, 0.3) is 0 Å². The standard InChI is InChI=1S/C25H26N2O5/c1-14-10-16(4-7-26-14)22-20-3-2-18(28)13-21(20)24(32-19-11-17(12-19)25(29)30)27-23(22)15-5-8-31-9-6-15/h2-4,7,10,13,15,17,19,28H,5-6,8-9,11-12H2,1H3,(H,29,30)/t17-,19-. The van der Waals surface area contributed by atoms with E-state index in [1.165, 1.54) is 0 Å². The second-order valence-electron chi connectivity index (χ2n) is 8.73. The fourth-order valence-electron chi connectivity index (χ4n) is 4.67. The van der Waals surface area contributed by atoms with Gasteiger partial charge in [-0.2, -0.15) is 0 Å². The number of aryl methyl sites for hydroxylation is 1. The molecule has 0 atom stereocenters. The Morgan fingerprint density at radius 3 is 2.62 bits per heavy atom. The van der Waals surface area contributed by atoms with Crippen LogP contribution in [0.25, 0.3) is 21.9 Å². The van der Waals surface area contributed by atoms with Gasteiger partial charge in [0.05, 0.1) is 11.6 Å². The Hall–Kier alpha value is -3.19. The molecule has 0 radical (unpaired) electrons. The molecule has 1 aliphatic heterocycles. The van der Waals surface area contributed by atoms with Crippen molar-refractivity contribution in [2.45, 2.75) is 44.6 Å². The third kappa shape index (κ3) is 3.88. The molecule has 2 fully saturated rings. The predicted molar refractivity (Wildman–Crippen MR) is 119 cm³/mol. The van der Waals surface area contributed by atoms with Crippen LogP contribution in [-0.4, -0.2) is 45.5 Å². The number of fused-ring (bicyclic) bond motifs is 1. The van der Waals surface area contributed by atoms with Crippen LogP contribution in [0.2, 0.25) is 0 Å². The van der Waals surface area contributed by atoms with E-state index in [1.54, 1.807) is 18.3 Å². The van der Waals surface area contributed by atoms with Gasteiger partial charge in [0.2, 0.25) is 5.88 Å². The van der Waals surface area contributed by atoms with Gasteiger partial charge >= 0.3 is 5.97 Å². The zero-order chi connectivity index (χ0) is 22.2. The third-order valence-electron chi connectivity index (χ3n) is 6.50. The van der Waals surface area contributed by atoms with Crippen LogP contribution in [0, 0.1) is 12.8 Å². The summed E-state index contributed by atoms with van der Waals surface area (Å²) in [5.41, 5.74) is 3.94. The lowest BCUT2D eigenvalue weighted by Crippen LogP contribution is -2.38. The van der Waals surface area contributed by atoms with Crippen LogP contribution in [0.4, 0.5) is 0 Å². The zero-order valence-corrected chi connectivity index (χ0v) is 18.0. The lowest BCUT2D eigenvalue weighted by atomic mass is 9.82. The summed E-state index contributed by atoms with van der Waals surface area (Å²) in [4.78, 5) is 20.6. The van der Waals surface area contributed by atoms with Crippen LogP contribution < -0.4 is 4.74 Å². The number of carboxylic acids is 1. The largest absolute Gasteiger partial charge is 0.508 e. The van der Waals surface area contributed by atoms with Crippen molar-refractivity contribution < 1.29 is 24.5 Å². The number of benzene rings is 1. The number of carbonyl (C=O) groups is 1. The van der Waals surface area contributed by atoms with Gasteiger partial charge in [-0.1, -0.05) is 0 Å². The average molecular weight is 434 g/mol. The second kappa shape index (κ2) is 8.39. The summed E-state index contributed by atoms with van der Waals surface area (Å²) in [5.74, 6) is -0.334. The normalized spacial score (nSPS) is 21.3. The number of rotatable bonds is 5. The van der Waals surface area contributed by atoms with Gasteiger partial charge in [-0.25, -0.2) is 4.98 Å². The minimum Gasteiger partial charge on any atom is -0.508 e. The van der Waals surface area contributed by atoms with E-state index in [0.717, 1.165) is 46.1 Å². The van der Waals surface area contributed by atoms with Crippen molar-refractivity contribution in [3.8, 4) is 22.8 Å². The summed E-state index contributed by atoms with van der Waals surface area (Å²) >= 11 is 0. The Bertz CT molecular complexity index is 1170. The van der Waals surface area contributed by atoms with Crippen molar-refractivity contribution in [1.29, 1.82) is 0 Å². The molecule has 7 nitrogen and oxygen atoms in total. The second-order valence-corrected chi connectivity index (χ2v) is 8.73. The van der Waals surface area contributed by atoms with Crippen LogP contribution in [0.1, 0.15) is 43.0 Å². The van der Waals surface area contributed by atoms with E-state index >= 15 is 0 Å². The van der Waals surface area contributed by atoms with Crippen LogP contribution in [0.5, 0.6) is 11.6 Å². The number of aromatic hydroxyl groups is 1. The summed E-state index contributed by atoms with van der Waals surface area (Å²) in [5, 5.41) is 21.1. The minimum atomic E-state index is -0.786. The molecule has 1 saturated carbocycles. The molecule has 1 saturated heterocycles. The van der Waals surface area contributed by atoms with Crippen LogP contribution in [0.15, 0.2) is 36.5 Å². The molecule has 0 unspecified atom stereocenters. The number of hydrogen-bond acceptors (Lipinski definition) is 6. The first kappa shape index (κ1) is 20.7. The Balaban J connectivity index is 1.66. The summed E-state index contributed by atoms with van der Waals surface area (Å²) < 4.78 is 11.8. The van der Waals surface area contributed by atoms with E-state index in [9.17, 15) is 15.0 Å². The lowest BCUT2D eigenvalue weighted by molar-refractivity contribution is -0.148. The number of carboxylic acid groups (broad SMARTS) is 1. The summed E-state index contributed by atoms with van der Waals surface area (Å²) in [6, 6.07) is 9.31. The first-order valence-electron chi connectivity index (χ1n) is 11.1. The van der Waals surface area contributed by atoms with E-state index < -0.39 is 5.97 Å². The molecule has 0 bridgehead atoms. The highest BCUT2D eigenvalue weighted by Gasteiger charge is 2.37. The van der Waals surface area contributed by atoms with Crippen LogP contribution in [-0.2, 0) is 9.53 Å². The maximum atomic E-state index is 11.2. The molecular formula is C25H26N2O5. The first-order chi connectivity index (χ1) is 15.5. The van der Waals surface area contributed by atoms with Crippen LogP contribution >= 0.6 is 0 Å². The van der Waals surface area contributed by atoms with Crippen molar-refractivity contribution in [2.24, 2.45) is 5.92 Å². The topological polar surface area (TPSA) is 102 Å². The number of nitrogens with zero attached hydrogens (tertiary/aromatic N) is 2. The average Bonchev–Trinajstić information content (AvgIpc) is 2.75. The molecule has 0 amide bonds. The Morgan fingerprint density at radius 2 is 1.91 bits per heavy atom. The molecule has 1 aromatic carbocycles. The maximum Gasteiger partial charge on any atom is 0.306 e. The number of phenolic OH excluding ortho intramolecular Hbond substituents is 1. The summed E-state index contributed by atoms with van der Waals surface area (Å²) in [6.45, 7) is 3.34. The highest BCUT2D eigenvalue weighted by molar-refractivity contribution is 6.01. The van der Waals surface area contributed by atoms with Gasteiger partial charge in [-0.05, 0) is 73.9 Å². The highest BCUT2D eigenvalue weighted by atomic mass is 16.5. The van der Waals surface area contributed by atoms with Gasteiger partial charge in [-0.15, -0.1) is 0 Å². The molecule has 2 aromatic heterocycles. The van der Waals surface area contributed by atoms with E-state index in [0.29, 0.717) is 31.9 Å². The molecule has 3 aromatic rings. The van der Waals surface area contributed by atoms with Crippen molar-refractivity contribution in [3.05, 3.63) is 47.9 Å². The smallest absolute Gasteiger partial charge is 0.306 e. The Labute approximate surface area is 186 Å². The first-order valence-corrected chi connectivity index (χ1v) is 11.1. The molecule has 1 aliphatic carbocycles. The number of hydrogen-bond donors (Lipinski definition) is 2. The monoisotopic (exact) mass is 434 g/mol. The minimum absolute atomic E-state index is 0.136. The number of phenols is 1. The van der Waals surface area contributed by atoms with E-state index in [1.807, 2.05) is 19.1 Å². The Morgan fingerprint density at radius 1 is 1.12 bits per heavy atom. The van der Waals surface area contributed by atoms with Gasteiger partial charge in [0.1, 0.15) is 11.9 Å². The lowest BCUT2D eigenvalue weighted by Gasteiger charge is -2.33. The van der Waals surface area contributed by atoms with Crippen molar-refractivity contribution in [1.82, 2.24) is 9.97 Å². The van der Waals surface area contributed by atoms with E-state index in [-0.39, 0.29) is 23.7 Å². The van der Waals surface area contributed by atoms with Crippen molar-refractivity contribution in [2.75, 3.05) is 13.2 Å². The predicted octanol–water partition coefficient (Wildman–Crippen LogP) is 4.45. The number of ether oxygens (including phenoxy) is 2. The third-order valence-corrected chi connectivity index (χ3v) is 6.50. The van der Waals surface area contributed by atoms with E-state index in [2.05, 4.69) is 11.1 Å². The molecule has 5 rings (SSSR count). The molecule has 2 aliphatic rings. The molecule has 7 heteroatoms. The van der Waals surface area contributed by atoms with Crippen molar-refractivity contribution >= 4 is 16.7 Å². The van der Waals surface area contributed by atoms with Gasteiger partial charge < -0.3 is 19.7 Å². The van der Waals surface area contributed by atoms with Gasteiger partial charge in [0, 0.05) is 42.0 Å². The van der Waals surface area contributed by atoms with Gasteiger partial charge in [0.15, 0.2) is 0 Å². The molecule has 166 valence electrons. The number of pyridine rings is 2.